The van der Waals surface area contributed by atoms with Crippen LogP contribution >= 0.6 is 0 Å². The van der Waals surface area contributed by atoms with Gasteiger partial charge in [0.25, 0.3) is 0 Å². The average Bonchev–Trinajstić information content (AvgIpc) is 3.17. The Bertz CT molecular complexity index is 1590. The lowest BCUT2D eigenvalue weighted by Crippen LogP contribution is -2.39. The Morgan fingerprint density at radius 3 is 2.15 bits per heavy atom. The number of fused-ring (bicyclic) bond motifs is 10. The molecule has 158 valence electrons. The van der Waals surface area contributed by atoms with Gasteiger partial charge in [0.05, 0.1) is 22.6 Å². The van der Waals surface area contributed by atoms with Crippen LogP contribution in [0.25, 0.3) is 33.4 Å². The molecule has 2 heteroatoms. The maximum absolute atomic E-state index is 2.57. The predicted octanol–water partition coefficient (Wildman–Crippen LogP) is 7.89. The summed E-state index contributed by atoms with van der Waals surface area (Å²) in [6.45, 7) is 4.54. The Morgan fingerprint density at radius 1 is 0.636 bits per heavy atom. The van der Waals surface area contributed by atoms with Gasteiger partial charge in [0, 0.05) is 16.5 Å². The van der Waals surface area contributed by atoms with Crippen LogP contribution in [0.4, 0.5) is 5.69 Å². The highest BCUT2D eigenvalue weighted by atomic mass is 15.3. The van der Waals surface area contributed by atoms with Crippen LogP contribution in [-0.4, -0.2) is 4.57 Å². The third-order valence-corrected chi connectivity index (χ3v) is 7.36. The molecular formula is C31H24N2. The van der Waals surface area contributed by atoms with Crippen LogP contribution in [0.15, 0.2) is 103 Å². The van der Waals surface area contributed by atoms with Gasteiger partial charge in [-0.1, -0.05) is 91.0 Å². The highest BCUT2D eigenvalue weighted by molar-refractivity contribution is 6.05. The van der Waals surface area contributed by atoms with Crippen LogP contribution in [0.3, 0.4) is 0 Å². The maximum atomic E-state index is 2.57. The highest BCUT2D eigenvalue weighted by Gasteiger charge is 2.40. The third kappa shape index (κ3) is 2.38. The predicted molar refractivity (Wildman–Crippen MR) is 138 cm³/mol. The van der Waals surface area contributed by atoms with Gasteiger partial charge < -0.3 is 9.47 Å². The van der Waals surface area contributed by atoms with E-state index >= 15 is 0 Å². The summed E-state index contributed by atoms with van der Waals surface area (Å²) in [6, 6.07) is 37.5. The van der Waals surface area contributed by atoms with E-state index in [1.807, 2.05) is 0 Å². The number of hydrogen-bond acceptors (Lipinski definition) is 1. The van der Waals surface area contributed by atoms with Crippen molar-refractivity contribution < 1.29 is 0 Å². The van der Waals surface area contributed by atoms with Crippen molar-refractivity contribution in [3.63, 3.8) is 0 Å². The highest BCUT2D eigenvalue weighted by Crippen LogP contribution is 2.54. The van der Waals surface area contributed by atoms with Gasteiger partial charge in [-0.15, -0.1) is 0 Å². The van der Waals surface area contributed by atoms with Crippen LogP contribution in [0, 0.1) is 6.92 Å². The van der Waals surface area contributed by atoms with Crippen LogP contribution < -0.4 is 4.90 Å². The number of nitrogens with zero attached hydrogens (tertiary/aromatic N) is 2. The largest absolute Gasteiger partial charge is 0.315 e. The number of para-hydroxylation sites is 2. The zero-order valence-corrected chi connectivity index (χ0v) is 18.8. The molecule has 2 nitrogen and oxygen atoms in total. The van der Waals surface area contributed by atoms with Gasteiger partial charge in [-0.2, -0.15) is 0 Å². The van der Waals surface area contributed by atoms with Crippen molar-refractivity contribution in [2.75, 3.05) is 4.90 Å². The number of benzene rings is 4. The molecule has 0 N–H and O–H groups in total. The Balaban J connectivity index is 1.67. The smallest absolute Gasteiger partial charge is 0.137 e. The van der Waals surface area contributed by atoms with Crippen molar-refractivity contribution in [2.24, 2.45) is 0 Å². The van der Waals surface area contributed by atoms with Crippen LogP contribution in [0.5, 0.6) is 0 Å². The first kappa shape index (κ1) is 18.5. The van der Waals surface area contributed by atoms with E-state index in [1.165, 1.54) is 61.4 Å². The zero-order valence-electron chi connectivity index (χ0n) is 18.8. The molecule has 0 radical (unpaired) electrons. The SMILES string of the molecule is CC1=C(c2ccccc2)N2c3ccccc3-c3c(C)c4ccccc4n3C2c2ccccc21. The standard InChI is InChI=1S/C31H24N2/c1-20-23-14-6-7-16-25(23)31-32(29(20)22-12-4-3-5-13-22)28-19-11-9-17-26(28)30-21(2)24-15-8-10-18-27(24)33(30)31/h3-19,31H,1-2H3. The van der Waals surface area contributed by atoms with Crippen LogP contribution in [0.2, 0.25) is 0 Å². The Hall–Kier alpha value is -4.04. The summed E-state index contributed by atoms with van der Waals surface area (Å²) in [5, 5.41) is 1.33. The maximum Gasteiger partial charge on any atom is 0.137 e. The van der Waals surface area contributed by atoms with Gasteiger partial charge in [-0.05, 0) is 48.2 Å². The molecule has 7 rings (SSSR count). The van der Waals surface area contributed by atoms with Crippen LogP contribution in [0.1, 0.15) is 35.3 Å². The molecule has 0 aliphatic carbocycles. The summed E-state index contributed by atoms with van der Waals surface area (Å²) < 4.78 is 2.57. The summed E-state index contributed by atoms with van der Waals surface area (Å²) in [7, 11) is 0. The van der Waals surface area contributed by atoms with Gasteiger partial charge in [0.15, 0.2) is 0 Å². The van der Waals surface area contributed by atoms with E-state index in [9.17, 15) is 0 Å². The number of aromatic nitrogens is 1. The Labute approximate surface area is 194 Å². The molecule has 1 atom stereocenters. The van der Waals surface area contributed by atoms with Gasteiger partial charge >= 0.3 is 0 Å². The molecule has 33 heavy (non-hydrogen) atoms. The van der Waals surface area contributed by atoms with E-state index in [4.69, 9.17) is 0 Å². The molecule has 3 heterocycles. The molecular weight excluding hydrogens is 400 g/mol. The Kier molecular flexibility index (Phi) is 3.78. The second kappa shape index (κ2) is 6.73. The molecule has 2 aliphatic rings. The van der Waals surface area contributed by atoms with Gasteiger partial charge in [-0.25, -0.2) is 0 Å². The first-order chi connectivity index (χ1) is 16.3. The molecule has 0 spiro atoms. The molecule has 5 aromatic rings. The van der Waals surface area contributed by atoms with Gasteiger partial charge in [0.1, 0.15) is 6.17 Å². The van der Waals surface area contributed by atoms with Gasteiger partial charge in [0.2, 0.25) is 0 Å². The summed E-state index contributed by atoms with van der Waals surface area (Å²) >= 11 is 0. The summed E-state index contributed by atoms with van der Waals surface area (Å²) in [4.78, 5) is 2.57. The van der Waals surface area contributed by atoms with Crippen molar-refractivity contribution in [1.29, 1.82) is 0 Å². The lowest BCUT2D eigenvalue weighted by Gasteiger charge is -2.46. The number of rotatable bonds is 1. The molecule has 0 saturated heterocycles. The molecule has 0 amide bonds. The first-order valence-electron chi connectivity index (χ1n) is 11.6. The van der Waals surface area contributed by atoms with Crippen molar-refractivity contribution >= 4 is 27.9 Å². The molecule has 4 aromatic carbocycles. The lowest BCUT2D eigenvalue weighted by atomic mass is 9.86. The number of hydrogen-bond donors (Lipinski definition) is 0. The zero-order chi connectivity index (χ0) is 22.1. The number of allylic oxidation sites excluding steroid dienone is 1. The van der Waals surface area contributed by atoms with E-state index in [1.54, 1.807) is 0 Å². The normalized spacial score (nSPS) is 16.3. The van der Waals surface area contributed by atoms with E-state index in [0.29, 0.717) is 0 Å². The molecule has 1 unspecified atom stereocenters. The van der Waals surface area contributed by atoms with E-state index in [-0.39, 0.29) is 6.17 Å². The lowest BCUT2D eigenvalue weighted by molar-refractivity contribution is 0.602. The summed E-state index contributed by atoms with van der Waals surface area (Å²) in [5.41, 5.74) is 13.1. The molecule has 0 bridgehead atoms. The Morgan fingerprint density at radius 2 is 1.30 bits per heavy atom. The fourth-order valence-corrected chi connectivity index (χ4v) is 5.99. The van der Waals surface area contributed by atoms with E-state index in [2.05, 4.69) is 126 Å². The van der Waals surface area contributed by atoms with E-state index in [0.717, 1.165) is 0 Å². The molecule has 2 aliphatic heterocycles. The van der Waals surface area contributed by atoms with Crippen molar-refractivity contribution in [1.82, 2.24) is 4.57 Å². The number of aryl methyl sites for hydroxylation is 1. The first-order valence-corrected chi connectivity index (χ1v) is 11.6. The monoisotopic (exact) mass is 424 g/mol. The second-order valence-corrected chi connectivity index (χ2v) is 9.05. The van der Waals surface area contributed by atoms with Gasteiger partial charge in [-0.3, -0.25) is 0 Å². The molecule has 1 aromatic heterocycles. The topological polar surface area (TPSA) is 8.17 Å². The van der Waals surface area contributed by atoms with Crippen molar-refractivity contribution in [3.8, 4) is 11.3 Å². The summed E-state index contributed by atoms with van der Waals surface area (Å²) in [6.07, 6.45) is 0.0589. The third-order valence-electron chi connectivity index (χ3n) is 7.36. The minimum atomic E-state index is 0.0589. The second-order valence-electron chi connectivity index (χ2n) is 9.05. The minimum Gasteiger partial charge on any atom is -0.315 e. The molecule has 0 saturated carbocycles. The van der Waals surface area contributed by atoms with Crippen molar-refractivity contribution in [3.05, 3.63) is 125 Å². The summed E-state index contributed by atoms with van der Waals surface area (Å²) in [5.74, 6) is 0. The van der Waals surface area contributed by atoms with Crippen molar-refractivity contribution in [2.45, 2.75) is 20.0 Å². The average molecular weight is 425 g/mol. The fraction of sp³-hybridized carbons (Fsp3) is 0.0968. The van der Waals surface area contributed by atoms with E-state index < -0.39 is 0 Å². The van der Waals surface area contributed by atoms with Crippen LogP contribution in [-0.2, 0) is 0 Å². The number of anilines is 1. The molecule has 0 fully saturated rings. The minimum absolute atomic E-state index is 0.0589. The fourth-order valence-electron chi connectivity index (χ4n) is 5.99. The quantitative estimate of drug-likeness (QED) is 0.266.